The van der Waals surface area contributed by atoms with Gasteiger partial charge in [0, 0.05) is 0 Å². The van der Waals surface area contributed by atoms with Crippen LogP contribution in [0.15, 0.2) is 42.5 Å². The first-order valence-corrected chi connectivity index (χ1v) is 11.6. The first-order valence-electron chi connectivity index (χ1n) is 8.10. The smallest absolute Gasteiger partial charge is 0.241 e. The molecule has 2 aromatic carbocycles. The lowest BCUT2D eigenvalue weighted by Crippen LogP contribution is -2.23. The highest BCUT2D eigenvalue weighted by atomic mass is 32.2. The standard InChI is InChI=1S/C18H15N3O3S3/c1-11-19-16-14(25-11)8-7-13-17(16)26-18(20-13)21-15(22)10-27(23,24)9-12-5-3-2-4-6-12/h2-8H,9-10H2,1H3,(H,20,21,22). The van der Waals surface area contributed by atoms with Crippen molar-refractivity contribution in [3.63, 3.8) is 0 Å². The van der Waals surface area contributed by atoms with E-state index in [0.29, 0.717) is 10.7 Å². The van der Waals surface area contributed by atoms with E-state index in [1.54, 1.807) is 35.6 Å². The maximum atomic E-state index is 12.3. The predicted molar refractivity (Wildman–Crippen MR) is 110 cm³/mol. The maximum Gasteiger partial charge on any atom is 0.241 e. The van der Waals surface area contributed by atoms with Gasteiger partial charge in [-0.1, -0.05) is 41.7 Å². The lowest BCUT2D eigenvalue weighted by atomic mass is 10.2. The topological polar surface area (TPSA) is 89.0 Å². The van der Waals surface area contributed by atoms with E-state index in [2.05, 4.69) is 15.3 Å². The van der Waals surface area contributed by atoms with E-state index in [4.69, 9.17) is 0 Å². The first-order chi connectivity index (χ1) is 12.9. The third kappa shape index (κ3) is 4.00. The van der Waals surface area contributed by atoms with Crippen LogP contribution >= 0.6 is 22.7 Å². The minimum absolute atomic E-state index is 0.167. The molecule has 2 aromatic heterocycles. The summed E-state index contributed by atoms with van der Waals surface area (Å²) in [7, 11) is -3.56. The molecule has 0 atom stereocenters. The molecule has 0 fully saturated rings. The zero-order valence-electron chi connectivity index (χ0n) is 14.3. The number of nitrogens with one attached hydrogen (secondary N) is 1. The van der Waals surface area contributed by atoms with Crippen molar-refractivity contribution in [2.75, 3.05) is 11.1 Å². The SMILES string of the molecule is Cc1nc2c(ccc3nc(NC(=O)CS(=O)(=O)Cc4ccccc4)sc32)s1. The zero-order chi connectivity index (χ0) is 19.0. The van der Waals surface area contributed by atoms with Gasteiger partial charge < -0.3 is 5.32 Å². The lowest BCUT2D eigenvalue weighted by molar-refractivity contribution is -0.113. The average Bonchev–Trinajstić information content (AvgIpc) is 3.16. The van der Waals surface area contributed by atoms with Gasteiger partial charge in [-0.25, -0.2) is 18.4 Å². The maximum absolute atomic E-state index is 12.3. The fraction of sp³-hybridized carbons (Fsp3) is 0.167. The van der Waals surface area contributed by atoms with Gasteiger partial charge in [-0.3, -0.25) is 4.79 Å². The molecule has 0 radical (unpaired) electrons. The molecule has 0 spiro atoms. The number of sulfone groups is 1. The average molecular weight is 418 g/mol. The molecule has 6 nitrogen and oxygen atoms in total. The molecule has 0 saturated carbocycles. The van der Waals surface area contributed by atoms with Crippen LogP contribution in [0.2, 0.25) is 0 Å². The fourth-order valence-corrected chi connectivity index (χ4v) is 5.92. The second kappa shape index (κ2) is 6.99. The van der Waals surface area contributed by atoms with E-state index in [1.165, 1.54) is 11.3 Å². The predicted octanol–water partition coefficient (Wildman–Crippen LogP) is 3.77. The molecule has 0 bridgehead atoms. The molecule has 0 unspecified atom stereocenters. The Balaban J connectivity index is 1.51. The van der Waals surface area contributed by atoms with Gasteiger partial charge in [-0.2, -0.15) is 0 Å². The van der Waals surface area contributed by atoms with Gasteiger partial charge in [0.2, 0.25) is 5.91 Å². The molecule has 138 valence electrons. The highest BCUT2D eigenvalue weighted by Gasteiger charge is 2.19. The van der Waals surface area contributed by atoms with Gasteiger partial charge in [0.15, 0.2) is 15.0 Å². The Bertz CT molecular complexity index is 1240. The number of aromatic nitrogens is 2. The summed E-state index contributed by atoms with van der Waals surface area (Å²) in [6, 6.07) is 12.6. The van der Waals surface area contributed by atoms with Gasteiger partial charge in [0.1, 0.15) is 11.3 Å². The second-order valence-electron chi connectivity index (χ2n) is 6.08. The Hall–Kier alpha value is -2.36. The summed E-state index contributed by atoms with van der Waals surface area (Å²) in [5.74, 6) is -1.33. The number of benzene rings is 2. The summed E-state index contributed by atoms with van der Waals surface area (Å²) in [6.07, 6.45) is 0. The normalized spacial score (nSPS) is 11.9. The molecule has 1 N–H and O–H groups in total. The minimum Gasteiger partial charge on any atom is -0.301 e. The van der Waals surface area contributed by atoms with Crippen LogP contribution in [-0.2, 0) is 20.4 Å². The summed E-state index contributed by atoms with van der Waals surface area (Å²) in [6.45, 7) is 1.94. The molecule has 1 amide bonds. The number of thiazole rings is 2. The molecule has 9 heteroatoms. The molecular formula is C18H15N3O3S3. The number of amides is 1. The largest absolute Gasteiger partial charge is 0.301 e. The number of carbonyl (C=O) groups is 1. The number of rotatable bonds is 5. The number of nitrogens with zero attached hydrogens (tertiary/aromatic N) is 2. The number of fused-ring (bicyclic) bond motifs is 3. The van der Waals surface area contributed by atoms with Gasteiger partial charge in [0.05, 0.1) is 25.7 Å². The van der Waals surface area contributed by atoms with Gasteiger partial charge in [-0.05, 0) is 24.6 Å². The molecule has 0 aliphatic rings. The van der Waals surface area contributed by atoms with Crippen molar-refractivity contribution in [3.8, 4) is 0 Å². The minimum atomic E-state index is -3.56. The van der Waals surface area contributed by atoms with E-state index in [0.717, 1.165) is 25.4 Å². The van der Waals surface area contributed by atoms with Crippen molar-refractivity contribution >= 4 is 64.0 Å². The first kappa shape index (κ1) is 18.0. The summed E-state index contributed by atoms with van der Waals surface area (Å²) >= 11 is 2.90. The van der Waals surface area contributed by atoms with E-state index in [1.807, 2.05) is 25.1 Å². The summed E-state index contributed by atoms with van der Waals surface area (Å²) in [5, 5.41) is 3.95. The Labute approximate surface area is 163 Å². The number of aryl methyl sites for hydroxylation is 1. The Kier molecular flexibility index (Phi) is 4.67. The van der Waals surface area contributed by atoms with Crippen LogP contribution in [0.5, 0.6) is 0 Å². The second-order valence-corrected chi connectivity index (χ2v) is 10.4. The molecule has 4 aromatic rings. The van der Waals surface area contributed by atoms with Crippen LogP contribution in [-0.4, -0.2) is 30.0 Å². The Morgan fingerprint density at radius 2 is 1.85 bits per heavy atom. The molecule has 0 aliphatic carbocycles. The van der Waals surface area contributed by atoms with Crippen LogP contribution in [0.3, 0.4) is 0 Å². The lowest BCUT2D eigenvalue weighted by Gasteiger charge is -2.04. The van der Waals surface area contributed by atoms with Crippen LogP contribution in [0.1, 0.15) is 10.6 Å². The van der Waals surface area contributed by atoms with Crippen molar-refractivity contribution in [2.24, 2.45) is 0 Å². The van der Waals surface area contributed by atoms with Crippen molar-refractivity contribution in [2.45, 2.75) is 12.7 Å². The van der Waals surface area contributed by atoms with E-state index < -0.39 is 21.5 Å². The third-order valence-corrected chi connectivity index (χ3v) is 7.25. The van der Waals surface area contributed by atoms with Crippen LogP contribution in [0, 0.1) is 6.92 Å². The van der Waals surface area contributed by atoms with Crippen molar-refractivity contribution in [3.05, 3.63) is 53.0 Å². The van der Waals surface area contributed by atoms with Crippen molar-refractivity contribution in [1.29, 1.82) is 0 Å². The Morgan fingerprint density at radius 1 is 1.07 bits per heavy atom. The monoisotopic (exact) mass is 417 g/mol. The number of hydrogen-bond acceptors (Lipinski definition) is 7. The molecule has 27 heavy (non-hydrogen) atoms. The molecule has 0 saturated heterocycles. The summed E-state index contributed by atoms with van der Waals surface area (Å²) in [5.41, 5.74) is 2.26. The summed E-state index contributed by atoms with van der Waals surface area (Å²) < 4.78 is 26.5. The van der Waals surface area contributed by atoms with Crippen LogP contribution in [0.25, 0.3) is 20.4 Å². The zero-order valence-corrected chi connectivity index (χ0v) is 16.7. The molecule has 2 heterocycles. The molecule has 0 aliphatic heterocycles. The highest BCUT2D eigenvalue weighted by Crippen LogP contribution is 2.34. The summed E-state index contributed by atoms with van der Waals surface area (Å²) in [4.78, 5) is 21.1. The highest BCUT2D eigenvalue weighted by molar-refractivity contribution is 7.91. The van der Waals surface area contributed by atoms with E-state index >= 15 is 0 Å². The van der Waals surface area contributed by atoms with E-state index in [-0.39, 0.29) is 5.75 Å². The number of hydrogen-bond donors (Lipinski definition) is 1. The number of carbonyl (C=O) groups excluding carboxylic acids is 1. The molecular weight excluding hydrogens is 402 g/mol. The van der Waals surface area contributed by atoms with Crippen LogP contribution in [0.4, 0.5) is 5.13 Å². The van der Waals surface area contributed by atoms with Gasteiger partial charge in [0.25, 0.3) is 0 Å². The van der Waals surface area contributed by atoms with Crippen molar-refractivity contribution < 1.29 is 13.2 Å². The third-order valence-electron chi connectivity index (χ3n) is 3.85. The van der Waals surface area contributed by atoms with E-state index in [9.17, 15) is 13.2 Å². The number of anilines is 1. The fourth-order valence-electron chi connectivity index (χ4n) is 2.78. The van der Waals surface area contributed by atoms with Crippen LogP contribution < -0.4 is 5.32 Å². The van der Waals surface area contributed by atoms with Crippen molar-refractivity contribution in [1.82, 2.24) is 9.97 Å². The molecule has 4 rings (SSSR count). The van der Waals surface area contributed by atoms with Gasteiger partial charge in [-0.15, -0.1) is 11.3 Å². The Morgan fingerprint density at radius 3 is 2.63 bits per heavy atom. The quantitative estimate of drug-likeness (QED) is 0.534. The van der Waals surface area contributed by atoms with Gasteiger partial charge >= 0.3 is 0 Å².